The Balaban J connectivity index is 1.66. The molecule has 0 saturated heterocycles. The third-order valence-electron chi connectivity index (χ3n) is 4.18. The average Bonchev–Trinajstić information content (AvgIpc) is 3.15. The molecule has 8 nitrogen and oxygen atoms in total. The van der Waals surface area contributed by atoms with E-state index in [4.69, 9.17) is 0 Å². The van der Waals surface area contributed by atoms with Gasteiger partial charge in [0.25, 0.3) is 0 Å². The molecular weight excluding hydrogens is 422 g/mol. The normalized spacial score (nSPS) is 11.5. The summed E-state index contributed by atoms with van der Waals surface area (Å²) in [6.07, 6.45) is 2.66. The first kappa shape index (κ1) is 21.8. The van der Waals surface area contributed by atoms with Crippen LogP contribution in [-0.4, -0.2) is 41.1 Å². The molecule has 158 valence electrons. The standard InChI is InChI=1S/C20H23N5O3S2/c1-14(2)15-8-10-16(11-9-15)25-13-21-23-20(25)29-12-19(26)22-17-6-4-5-7-18(17)24-30(3,27)28/h4-11,13-14,24H,12H2,1-3H3,(H,22,26). The van der Waals surface area contributed by atoms with Crippen molar-refractivity contribution in [1.29, 1.82) is 0 Å². The number of carbonyl (C=O) groups excluding carboxylic acids is 1. The second-order valence-corrected chi connectivity index (χ2v) is 9.68. The summed E-state index contributed by atoms with van der Waals surface area (Å²) < 4.78 is 27.2. The van der Waals surface area contributed by atoms with E-state index in [1.807, 2.05) is 16.7 Å². The van der Waals surface area contributed by atoms with Crippen LogP contribution in [0.15, 0.2) is 60.0 Å². The number of thioether (sulfide) groups is 1. The van der Waals surface area contributed by atoms with Crippen LogP contribution in [0.4, 0.5) is 11.4 Å². The van der Waals surface area contributed by atoms with Crippen LogP contribution in [0.2, 0.25) is 0 Å². The Morgan fingerprint density at radius 2 is 1.77 bits per heavy atom. The number of anilines is 2. The molecule has 1 amide bonds. The molecule has 0 radical (unpaired) electrons. The summed E-state index contributed by atoms with van der Waals surface area (Å²) in [5.41, 5.74) is 2.85. The second-order valence-electron chi connectivity index (χ2n) is 6.99. The van der Waals surface area contributed by atoms with E-state index in [1.54, 1.807) is 30.6 Å². The molecule has 3 aromatic rings. The van der Waals surface area contributed by atoms with E-state index in [2.05, 4.69) is 46.2 Å². The smallest absolute Gasteiger partial charge is 0.234 e. The van der Waals surface area contributed by atoms with Gasteiger partial charge in [-0.1, -0.05) is 49.9 Å². The number of para-hydroxylation sites is 2. The largest absolute Gasteiger partial charge is 0.324 e. The third kappa shape index (κ3) is 5.83. The zero-order chi connectivity index (χ0) is 21.7. The van der Waals surface area contributed by atoms with Crippen LogP contribution in [-0.2, 0) is 14.8 Å². The van der Waals surface area contributed by atoms with E-state index in [0.29, 0.717) is 22.4 Å². The quantitative estimate of drug-likeness (QED) is 0.514. The van der Waals surface area contributed by atoms with Crippen molar-refractivity contribution >= 4 is 39.1 Å². The summed E-state index contributed by atoms with van der Waals surface area (Å²) in [4.78, 5) is 12.4. The summed E-state index contributed by atoms with van der Waals surface area (Å²) in [6, 6.07) is 14.7. The predicted molar refractivity (Wildman–Crippen MR) is 120 cm³/mol. The number of benzene rings is 2. The molecule has 0 atom stereocenters. The number of hydrogen-bond acceptors (Lipinski definition) is 6. The second kappa shape index (κ2) is 9.31. The highest BCUT2D eigenvalue weighted by molar-refractivity contribution is 7.99. The van der Waals surface area contributed by atoms with Gasteiger partial charge in [-0.3, -0.25) is 14.1 Å². The van der Waals surface area contributed by atoms with Crippen molar-refractivity contribution in [3.8, 4) is 5.69 Å². The molecule has 0 unspecified atom stereocenters. The summed E-state index contributed by atoms with van der Waals surface area (Å²) in [5, 5.41) is 11.4. The molecule has 3 rings (SSSR count). The van der Waals surface area contributed by atoms with Gasteiger partial charge in [0.2, 0.25) is 15.9 Å². The Morgan fingerprint density at radius 1 is 1.10 bits per heavy atom. The minimum atomic E-state index is -3.46. The van der Waals surface area contributed by atoms with Crippen LogP contribution in [0.25, 0.3) is 5.69 Å². The predicted octanol–water partition coefficient (Wildman–Crippen LogP) is 3.49. The fraction of sp³-hybridized carbons (Fsp3) is 0.250. The number of aromatic nitrogens is 3. The van der Waals surface area contributed by atoms with Crippen LogP contribution in [0.3, 0.4) is 0 Å². The molecule has 0 aliphatic carbocycles. The van der Waals surface area contributed by atoms with Crippen LogP contribution < -0.4 is 10.0 Å². The van der Waals surface area contributed by atoms with E-state index in [9.17, 15) is 13.2 Å². The SMILES string of the molecule is CC(C)c1ccc(-n2cnnc2SCC(=O)Nc2ccccc2NS(C)(=O)=O)cc1. The van der Waals surface area contributed by atoms with Crippen molar-refractivity contribution in [2.75, 3.05) is 22.0 Å². The van der Waals surface area contributed by atoms with Crippen LogP contribution >= 0.6 is 11.8 Å². The number of sulfonamides is 1. The Kier molecular flexibility index (Phi) is 6.78. The Hall–Kier alpha value is -2.85. The van der Waals surface area contributed by atoms with Crippen molar-refractivity contribution < 1.29 is 13.2 Å². The van der Waals surface area contributed by atoms with Crippen LogP contribution in [0.5, 0.6) is 0 Å². The highest BCUT2D eigenvalue weighted by Gasteiger charge is 2.13. The average molecular weight is 446 g/mol. The minimum Gasteiger partial charge on any atom is -0.324 e. The van der Waals surface area contributed by atoms with Gasteiger partial charge < -0.3 is 5.32 Å². The van der Waals surface area contributed by atoms with Gasteiger partial charge in [0.15, 0.2) is 5.16 Å². The van der Waals surface area contributed by atoms with E-state index in [-0.39, 0.29) is 11.7 Å². The van der Waals surface area contributed by atoms with E-state index >= 15 is 0 Å². The van der Waals surface area contributed by atoms with Gasteiger partial charge in [0, 0.05) is 5.69 Å². The molecule has 0 saturated carbocycles. The lowest BCUT2D eigenvalue weighted by atomic mass is 10.0. The van der Waals surface area contributed by atoms with Gasteiger partial charge in [0.05, 0.1) is 23.4 Å². The van der Waals surface area contributed by atoms with Crippen molar-refractivity contribution in [3.63, 3.8) is 0 Å². The zero-order valence-electron chi connectivity index (χ0n) is 16.9. The van der Waals surface area contributed by atoms with Crippen molar-refractivity contribution in [1.82, 2.24) is 14.8 Å². The van der Waals surface area contributed by atoms with Gasteiger partial charge in [-0.05, 0) is 35.7 Å². The van der Waals surface area contributed by atoms with Gasteiger partial charge >= 0.3 is 0 Å². The number of nitrogens with one attached hydrogen (secondary N) is 2. The number of nitrogens with zero attached hydrogens (tertiary/aromatic N) is 3. The highest BCUT2D eigenvalue weighted by Crippen LogP contribution is 2.24. The molecule has 0 spiro atoms. The monoisotopic (exact) mass is 445 g/mol. The van der Waals surface area contributed by atoms with E-state index in [1.165, 1.54) is 17.3 Å². The maximum Gasteiger partial charge on any atom is 0.234 e. The van der Waals surface area contributed by atoms with Gasteiger partial charge in [-0.25, -0.2) is 8.42 Å². The van der Waals surface area contributed by atoms with Gasteiger partial charge in [-0.2, -0.15) is 0 Å². The third-order valence-corrected chi connectivity index (χ3v) is 5.72. The number of hydrogen-bond donors (Lipinski definition) is 2. The molecule has 2 aromatic carbocycles. The van der Waals surface area contributed by atoms with E-state index in [0.717, 1.165) is 11.9 Å². The Morgan fingerprint density at radius 3 is 2.40 bits per heavy atom. The summed E-state index contributed by atoms with van der Waals surface area (Å²) >= 11 is 1.24. The van der Waals surface area contributed by atoms with Crippen molar-refractivity contribution in [2.24, 2.45) is 0 Å². The first-order chi connectivity index (χ1) is 14.2. The molecule has 0 bridgehead atoms. The lowest BCUT2D eigenvalue weighted by Crippen LogP contribution is -2.17. The van der Waals surface area contributed by atoms with Gasteiger partial charge in [0.1, 0.15) is 6.33 Å². The molecule has 1 heterocycles. The molecule has 0 aliphatic heterocycles. The fourth-order valence-electron chi connectivity index (χ4n) is 2.72. The molecule has 2 N–H and O–H groups in total. The van der Waals surface area contributed by atoms with E-state index < -0.39 is 10.0 Å². The van der Waals surface area contributed by atoms with Crippen molar-refractivity contribution in [3.05, 3.63) is 60.4 Å². The maximum atomic E-state index is 12.4. The molecule has 0 fully saturated rings. The molecular formula is C20H23N5O3S2. The first-order valence-electron chi connectivity index (χ1n) is 9.23. The lowest BCUT2D eigenvalue weighted by Gasteiger charge is -2.12. The minimum absolute atomic E-state index is 0.0932. The van der Waals surface area contributed by atoms with Crippen molar-refractivity contribution in [2.45, 2.75) is 24.9 Å². The summed E-state index contributed by atoms with van der Waals surface area (Å²) in [6.45, 7) is 4.27. The molecule has 0 aliphatic rings. The lowest BCUT2D eigenvalue weighted by molar-refractivity contribution is -0.113. The number of amides is 1. The Bertz CT molecular complexity index is 1130. The first-order valence-corrected chi connectivity index (χ1v) is 12.1. The molecule has 10 heteroatoms. The molecule has 30 heavy (non-hydrogen) atoms. The highest BCUT2D eigenvalue weighted by atomic mass is 32.2. The van der Waals surface area contributed by atoms with Gasteiger partial charge in [-0.15, -0.1) is 10.2 Å². The Labute approximate surface area is 180 Å². The summed E-state index contributed by atoms with van der Waals surface area (Å²) in [5.74, 6) is 0.251. The zero-order valence-corrected chi connectivity index (χ0v) is 18.5. The number of carbonyl (C=O) groups is 1. The maximum absolute atomic E-state index is 12.4. The summed E-state index contributed by atoms with van der Waals surface area (Å²) in [7, 11) is -3.46. The fourth-order valence-corrected chi connectivity index (χ4v) is 4.02. The topological polar surface area (TPSA) is 106 Å². The van der Waals surface area contributed by atoms with Crippen LogP contribution in [0, 0.1) is 0 Å². The number of rotatable bonds is 8. The molecule has 1 aromatic heterocycles. The van der Waals surface area contributed by atoms with Crippen LogP contribution in [0.1, 0.15) is 25.3 Å².